The van der Waals surface area contributed by atoms with Crippen LogP contribution in [0.4, 0.5) is 0 Å². The first kappa shape index (κ1) is 14.7. The van der Waals surface area contributed by atoms with Gasteiger partial charge < -0.3 is 10.4 Å². The van der Waals surface area contributed by atoms with E-state index in [9.17, 15) is 4.79 Å². The third kappa shape index (κ3) is 3.91. The van der Waals surface area contributed by atoms with Gasteiger partial charge in [0.15, 0.2) is 0 Å². The fraction of sp³-hybridized carbons (Fsp3) is 0.429. The molecule has 0 amide bonds. The monoisotopic (exact) mass is 293 g/mol. The van der Waals surface area contributed by atoms with E-state index in [2.05, 4.69) is 23.4 Å². The van der Waals surface area contributed by atoms with Crippen molar-refractivity contribution in [2.45, 2.75) is 33.4 Å². The van der Waals surface area contributed by atoms with Crippen molar-refractivity contribution >= 4 is 17.3 Å². The lowest BCUT2D eigenvalue weighted by Crippen LogP contribution is -2.16. The van der Waals surface area contributed by atoms with Crippen LogP contribution in [-0.2, 0) is 13.1 Å². The van der Waals surface area contributed by atoms with E-state index < -0.39 is 5.97 Å². The molecule has 0 aliphatic carbocycles. The number of nitrogens with zero attached hydrogens (tertiary/aromatic N) is 2. The van der Waals surface area contributed by atoms with Gasteiger partial charge in [-0.1, -0.05) is 0 Å². The van der Waals surface area contributed by atoms with E-state index in [1.54, 1.807) is 6.07 Å². The Morgan fingerprint density at radius 2 is 2.25 bits per heavy atom. The lowest BCUT2D eigenvalue weighted by atomic mass is 10.3. The van der Waals surface area contributed by atoms with Gasteiger partial charge in [-0.15, -0.1) is 11.3 Å². The number of aromatic carboxylic acids is 1. The molecule has 0 atom stereocenters. The second kappa shape index (κ2) is 6.67. The van der Waals surface area contributed by atoms with Crippen LogP contribution in [0.5, 0.6) is 0 Å². The van der Waals surface area contributed by atoms with Crippen molar-refractivity contribution in [3.05, 3.63) is 39.3 Å². The minimum absolute atomic E-state index is 0.393. The number of carboxylic acids is 1. The van der Waals surface area contributed by atoms with Crippen LogP contribution in [0.3, 0.4) is 0 Å². The summed E-state index contributed by atoms with van der Waals surface area (Å²) in [7, 11) is 0. The lowest BCUT2D eigenvalue weighted by molar-refractivity contribution is 0.0702. The molecule has 0 saturated heterocycles. The van der Waals surface area contributed by atoms with E-state index in [-0.39, 0.29) is 0 Å². The van der Waals surface area contributed by atoms with E-state index in [0.717, 1.165) is 36.6 Å². The maximum atomic E-state index is 10.8. The Morgan fingerprint density at radius 1 is 1.45 bits per heavy atom. The molecule has 20 heavy (non-hydrogen) atoms. The van der Waals surface area contributed by atoms with E-state index in [1.165, 1.54) is 17.0 Å². The molecule has 0 aliphatic rings. The van der Waals surface area contributed by atoms with Gasteiger partial charge in [-0.3, -0.25) is 4.68 Å². The number of hydrogen-bond acceptors (Lipinski definition) is 4. The number of thiophene rings is 1. The predicted octanol–water partition coefficient (Wildman–Crippen LogP) is 2.44. The van der Waals surface area contributed by atoms with E-state index in [0.29, 0.717) is 4.88 Å². The van der Waals surface area contributed by atoms with Crippen molar-refractivity contribution < 1.29 is 9.90 Å². The Kier molecular flexibility index (Phi) is 4.92. The fourth-order valence-electron chi connectivity index (χ4n) is 2.05. The average molecular weight is 293 g/mol. The Balaban J connectivity index is 1.68. The van der Waals surface area contributed by atoms with Crippen molar-refractivity contribution in [2.75, 3.05) is 6.54 Å². The topological polar surface area (TPSA) is 67.2 Å². The summed E-state index contributed by atoms with van der Waals surface area (Å²) in [6.45, 7) is 6.57. The zero-order valence-corrected chi connectivity index (χ0v) is 12.5. The number of carbonyl (C=O) groups is 1. The first-order valence-electron chi connectivity index (χ1n) is 6.60. The van der Waals surface area contributed by atoms with Crippen LogP contribution in [0.1, 0.15) is 32.4 Å². The van der Waals surface area contributed by atoms with E-state index in [4.69, 9.17) is 5.11 Å². The molecule has 108 valence electrons. The van der Waals surface area contributed by atoms with Crippen LogP contribution in [-0.4, -0.2) is 27.4 Å². The van der Waals surface area contributed by atoms with Crippen molar-refractivity contribution in [3.8, 4) is 0 Å². The van der Waals surface area contributed by atoms with Crippen molar-refractivity contribution in [1.82, 2.24) is 15.1 Å². The highest BCUT2D eigenvalue weighted by molar-refractivity contribution is 7.13. The third-order valence-corrected chi connectivity index (χ3v) is 4.07. The summed E-state index contributed by atoms with van der Waals surface area (Å²) in [6.07, 6.45) is 0.999. The van der Waals surface area contributed by atoms with Crippen molar-refractivity contribution in [3.63, 3.8) is 0 Å². The molecule has 2 aromatic heterocycles. The molecule has 0 aromatic carbocycles. The van der Waals surface area contributed by atoms with Gasteiger partial charge in [0.05, 0.1) is 5.69 Å². The Hall–Kier alpha value is -1.66. The maximum Gasteiger partial charge on any atom is 0.345 e. The van der Waals surface area contributed by atoms with E-state index in [1.807, 2.05) is 17.7 Å². The fourth-order valence-corrected chi connectivity index (χ4v) is 2.87. The molecule has 0 bridgehead atoms. The maximum absolute atomic E-state index is 10.8. The Morgan fingerprint density at radius 3 is 2.85 bits per heavy atom. The molecule has 5 nitrogen and oxygen atoms in total. The Labute approximate surface area is 122 Å². The highest BCUT2D eigenvalue weighted by atomic mass is 32.1. The second-order valence-corrected chi connectivity index (χ2v) is 5.92. The van der Waals surface area contributed by atoms with Crippen LogP contribution in [0, 0.1) is 13.8 Å². The van der Waals surface area contributed by atoms with Crippen LogP contribution in [0.2, 0.25) is 0 Å². The van der Waals surface area contributed by atoms with Crippen molar-refractivity contribution in [1.29, 1.82) is 0 Å². The number of hydrogen-bond donors (Lipinski definition) is 2. The zero-order valence-electron chi connectivity index (χ0n) is 11.7. The molecule has 0 fully saturated rings. The number of aryl methyl sites for hydroxylation is 3. The summed E-state index contributed by atoms with van der Waals surface area (Å²) >= 11 is 1.32. The summed E-state index contributed by atoms with van der Waals surface area (Å²) < 4.78 is 2.02. The summed E-state index contributed by atoms with van der Waals surface area (Å²) in [5.74, 6) is -0.856. The van der Waals surface area contributed by atoms with Crippen molar-refractivity contribution in [2.24, 2.45) is 0 Å². The molecule has 2 aromatic rings. The quantitative estimate of drug-likeness (QED) is 0.769. The predicted molar refractivity (Wildman–Crippen MR) is 79.3 cm³/mol. The first-order chi connectivity index (χ1) is 9.56. The number of nitrogens with one attached hydrogen (secondary N) is 1. The number of aromatic nitrogens is 2. The lowest BCUT2D eigenvalue weighted by Gasteiger charge is -2.05. The van der Waals surface area contributed by atoms with Gasteiger partial charge in [0.2, 0.25) is 0 Å². The summed E-state index contributed by atoms with van der Waals surface area (Å²) in [5.41, 5.74) is 2.24. The van der Waals surface area contributed by atoms with Gasteiger partial charge in [-0.2, -0.15) is 5.10 Å². The highest BCUT2D eigenvalue weighted by Crippen LogP contribution is 2.15. The van der Waals surface area contributed by atoms with Gasteiger partial charge in [0.25, 0.3) is 0 Å². The number of rotatable bonds is 7. The summed E-state index contributed by atoms with van der Waals surface area (Å²) in [6, 6.07) is 5.59. The summed E-state index contributed by atoms with van der Waals surface area (Å²) in [5, 5.41) is 16.6. The SMILES string of the molecule is Cc1cc(C)n(CCCNCc2ccc(C(=O)O)s2)n1. The third-order valence-electron chi connectivity index (χ3n) is 3.00. The molecule has 0 radical (unpaired) electrons. The number of carboxylic acid groups (broad SMARTS) is 1. The van der Waals surface area contributed by atoms with Crippen LogP contribution >= 0.6 is 11.3 Å². The van der Waals surface area contributed by atoms with Gasteiger partial charge in [-0.25, -0.2) is 4.79 Å². The van der Waals surface area contributed by atoms with Crippen LogP contribution in [0.25, 0.3) is 0 Å². The smallest absolute Gasteiger partial charge is 0.345 e. The van der Waals surface area contributed by atoms with Gasteiger partial charge in [0.1, 0.15) is 4.88 Å². The molecular weight excluding hydrogens is 274 g/mol. The molecule has 0 saturated carbocycles. The molecule has 0 unspecified atom stereocenters. The molecule has 2 N–H and O–H groups in total. The Bertz CT molecular complexity index is 589. The molecular formula is C14H19N3O2S. The zero-order chi connectivity index (χ0) is 14.5. The molecule has 2 rings (SSSR count). The largest absolute Gasteiger partial charge is 0.477 e. The highest BCUT2D eigenvalue weighted by Gasteiger charge is 2.06. The molecule has 6 heteroatoms. The van der Waals surface area contributed by atoms with E-state index >= 15 is 0 Å². The molecule has 2 heterocycles. The molecule has 0 spiro atoms. The van der Waals surface area contributed by atoms with Gasteiger partial charge in [-0.05, 0) is 45.0 Å². The second-order valence-electron chi connectivity index (χ2n) is 4.75. The minimum atomic E-state index is -0.856. The van der Waals surface area contributed by atoms with Gasteiger partial charge in [0, 0.05) is 23.7 Å². The average Bonchev–Trinajstić information content (AvgIpc) is 2.96. The normalized spacial score (nSPS) is 10.9. The molecule has 0 aliphatic heterocycles. The van der Waals surface area contributed by atoms with Crippen LogP contribution < -0.4 is 5.32 Å². The van der Waals surface area contributed by atoms with Gasteiger partial charge >= 0.3 is 5.97 Å². The standard InChI is InChI=1S/C14H19N3O2S/c1-10-8-11(2)17(16-10)7-3-6-15-9-12-4-5-13(20-12)14(18)19/h4-5,8,15H,3,6-7,9H2,1-2H3,(H,18,19). The first-order valence-corrected chi connectivity index (χ1v) is 7.41. The minimum Gasteiger partial charge on any atom is -0.477 e. The summed E-state index contributed by atoms with van der Waals surface area (Å²) in [4.78, 5) is 12.2. The van der Waals surface area contributed by atoms with Crippen LogP contribution in [0.15, 0.2) is 18.2 Å².